The molecule has 40 valence electrons. The van der Waals surface area contributed by atoms with Crippen LogP contribution >= 0.6 is 0 Å². The minimum atomic E-state index is -2.61. The molecule has 4 heteroatoms. The summed E-state index contributed by atoms with van der Waals surface area (Å²) in [6, 6.07) is 0. The van der Waals surface area contributed by atoms with Gasteiger partial charge in [0.1, 0.15) is 0 Å². The molecule has 0 saturated carbocycles. The molecule has 0 amide bonds. The minimum absolute atomic E-state index is 1.12. The molecule has 0 aromatic heterocycles. The fourth-order valence-electron chi connectivity index (χ4n) is 0.102. The van der Waals surface area contributed by atoms with Crippen LogP contribution in [0.15, 0.2) is 17.1 Å². The smallest absolute Gasteiger partial charge is 0.208 e. The maximum Gasteiger partial charge on any atom is 0.243 e. The second kappa shape index (κ2) is 3.55. The van der Waals surface area contributed by atoms with Crippen molar-refractivity contribution in [2.24, 2.45) is 4.40 Å². The number of hydrogen-bond acceptors (Lipinski definition) is 2. The highest BCUT2D eigenvalue weighted by Crippen LogP contribution is 1.61. The lowest BCUT2D eigenvalue weighted by Crippen LogP contribution is -1.65. The second-order valence-corrected chi connectivity index (χ2v) is 1.44. The summed E-state index contributed by atoms with van der Waals surface area (Å²) in [4.78, 5) is 0. The van der Waals surface area contributed by atoms with Gasteiger partial charge in [-0.1, -0.05) is 12.7 Å². The molecular formula is C3H5NO2S. The van der Waals surface area contributed by atoms with Crippen molar-refractivity contribution in [3.63, 3.8) is 0 Å². The molecule has 0 aromatic carbocycles. The van der Waals surface area contributed by atoms with Gasteiger partial charge in [-0.2, -0.15) is 4.40 Å². The third-order valence-electron chi connectivity index (χ3n) is 0.266. The van der Waals surface area contributed by atoms with E-state index in [1.165, 1.54) is 6.08 Å². The molecule has 0 bridgehead atoms. The van der Waals surface area contributed by atoms with Gasteiger partial charge in [0.2, 0.25) is 10.9 Å². The summed E-state index contributed by atoms with van der Waals surface area (Å²) in [6.45, 7) is 3.22. The van der Waals surface area contributed by atoms with E-state index in [0.29, 0.717) is 0 Å². The van der Waals surface area contributed by atoms with Gasteiger partial charge in [0, 0.05) is 6.21 Å². The molecule has 0 unspecified atom stereocenters. The topological polar surface area (TPSA) is 46.5 Å². The van der Waals surface area contributed by atoms with Crippen LogP contribution in [0.5, 0.6) is 0 Å². The summed E-state index contributed by atoms with van der Waals surface area (Å²) in [5.74, 6) is 0. The molecule has 0 aliphatic heterocycles. The Morgan fingerprint density at radius 3 is 2.29 bits per heavy atom. The molecule has 0 aromatic rings. The lowest BCUT2D eigenvalue weighted by Gasteiger charge is -1.62. The second-order valence-electron chi connectivity index (χ2n) is 0.738. The van der Waals surface area contributed by atoms with Gasteiger partial charge in [-0.05, 0) is 0 Å². The van der Waals surface area contributed by atoms with Gasteiger partial charge < -0.3 is 0 Å². The number of hydrogen-bond donors (Lipinski definition) is 1. The van der Waals surface area contributed by atoms with E-state index >= 15 is 0 Å². The van der Waals surface area contributed by atoms with Crippen LogP contribution in [0.3, 0.4) is 0 Å². The van der Waals surface area contributed by atoms with Gasteiger partial charge in [-0.25, -0.2) is 8.42 Å². The average Bonchev–Trinajstić information content (AvgIpc) is 1.61. The van der Waals surface area contributed by atoms with Crippen LogP contribution in [0.2, 0.25) is 0 Å². The Balaban J connectivity index is 3.69. The number of allylic oxidation sites excluding steroid dienone is 1. The summed E-state index contributed by atoms with van der Waals surface area (Å²) < 4.78 is 22.1. The molecule has 0 rings (SSSR count). The van der Waals surface area contributed by atoms with Crippen molar-refractivity contribution >= 4 is 17.1 Å². The van der Waals surface area contributed by atoms with Crippen LogP contribution in [0, 0.1) is 0 Å². The van der Waals surface area contributed by atoms with Gasteiger partial charge in [0.05, 0.1) is 0 Å². The molecular weight excluding hydrogens is 114 g/mol. The van der Waals surface area contributed by atoms with Gasteiger partial charge in [0.15, 0.2) is 0 Å². The lowest BCUT2D eigenvalue weighted by molar-refractivity contribution is 0.616. The fraction of sp³-hybridized carbons (Fsp3) is 0. The first-order valence-corrected chi connectivity index (χ1v) is 2.70. The van der Waals surface area contributed by atoms with Crippen LogP contribution in [0.25, 0.3) is 0 Å². The van der Waals surface area contributed by atoms with Crippen molar-refractivity contribution in [3.05, 3.63) is 12.7 Å². The Morgan fingerprint density at radius 1 is 1.57 bits per heavy atom. The van der Waals surface area contributed by atoms with Crippen LogP contribution in [0.4, 0.5) is 0 Å². The summed E-state index contributed by atoms with van der Waals surface area (Å²) in [5, 5.41) is 0. The maximum atomic E-state index is 9.55. The van der Waals surface area contributed by atoms with Crippen LogP contribution < -0.4 is 0 Å². The normalized spacial score (nSPS) is 10.4. The van der Waals surface area contributed by atoms with E-state index in [9.17, 15) is 8.42 Å². The van der Waals surface area contributed by atoms with E-state index < -0.39 is 10.9 Å². The number of rotatable bonds is 2. The zero-order valence-electron chi connectivity index (χ0n) is 3.57. The summed E-state index contributed by atoms with van der Waals surface area (Å²) in [5.41, 5.74) is 0. The Kier molecular flexibility index (Phi) is 3.22. The van der Waals surface area contributed by atoms with E-state index in [1.807, 2.05) is 0 Å². The summed E-state index contributed by atoms with van der Waals surface area (Å²) in [6.07, 6.45) is 2.41. The van der Waals surface area contributed by atoms with E-state index in [1.54, 1.807) is 0 Å². The van der Waals surface area contributed by atoms with Gasteiger partial charge >= 0.3 is 0 Å². The average molecular weight is 119 g/mol. The van der Waals surface area contributed by atoms with E-state index in [-0.39, 0.29) is 0 Å². The molecule has 0 fully saturated rings. The lowest BCUT2D eigenvalue weighted by atomic mass is 10.7. The number of thiol groups is 1. The summed E-state index contributed by atoms with van der Waals surface area (Å²) in [7, 11) is -2.61. The van der Waals surface area contributed by atoms with Crippen LogP contribution in [-0.4, -0.2) is 14.6 Å². The first kappa shape index (κ1) is 6.36. The van der Waals surface area contributed by atoms with Crippen molar-refractivity contribution in [3.8, 4) is 0 Å². The van der Waals surface area contributed by atoms with Crippen molar-refractivity contribution < 1.29 is 8.42 Å². The largest absolute Gasteiger partial charge is 0.243 e. The van der Waals surface area contributed by atoms with Crippen molar-refractivity contribution in [1.82, 2.24) is 0 Å². The van der Waals surface area contributed by atoms with Crippen molar-refractivity contribution in [2.75, 3.05) is 0 Å². The molecule has 0 aliphatic carbocycles. The highest BCUT2D eigenvalue weighted by molar-refractivity contribution is 7.71. The van der Waals surface area contributed by atoms with Crippen LogP contribution in [0.1, 0.15) is 0 Å². The zero-order valence-corrected chi connectivity index (χ0v) is 4.47. The molecule has 0 atom stereocenters. The first-order chi connectivity index (χ1) is 3.27. The van der Waals surface area contributed by atoms with E-state index in [4.69, 9.17) is 0 Å². The maximum absolute atomic E-state index is 9.55. The molecule has 0 radical (unpaired) electrons. The van der Waals surface area contributed by atoms with Gasteiger partial charge in [-0.15, -0.1) is 0 Å². The monoisotopic (exact) mass is 119 g/mol. The molecule has 7 heavy (non-hydrogen) atoms. The predicted octanol–water partition coefficient (Wildman–Crippen LogP) is -0.230. The van der Waals surface area contributed by atoms with Crippen molar-refractivity contribution in [1.29, 1.82) is 0 Å². The number of nitrogens with zero attached hydrogens (tertiary/aromatic N) is 1. The fourth-order valence-corrected chi connectivity index (χ4v) is 0.305. The first-order valence-electron chi connectivity index (χ1n) is 1.56. The minimum Gasteiger partial charge on any atom is -0.208 e. The molecule has 0 saturated heterocycles. The van der Waals surface area contributed by atoms with Gasteiger partial charge in [0.25, 0.3) is 0 Å². The third-order valence-corrected chi connectivity index (χ3v) is 0.588. The molecule has 0 spiro atoms. The summed E-state index contributed by atoms with van der Waals surface area (Å²) >= 11 is 0. The molecule has 0 N–H and O–H groups in total. The zero-order chi connectivity index (χ0) is 5.70. The molecule has 0 aliphatic rings. The Bertz CT molecular complexity index is 139. The standard InChI is InChI=1S/C3H5NO2S/c1-2-3-4-7(5)6/h2-3,7H,1H2. The van der Waals surface area contributed by atoms with Gasteiger partial charge in [-0.3, -0.25) is 0 Å². The SMILES string of the molecule is C=CC=N[SH](=O)=O. The Hall–Kier alpha value is -0.640. The van der Waals surface area contributed by atoms with E-state index in [0.717, 1.165) is 6.21 Å². The highest BCUT2D eigenvalue weighted by atomic mass is 32.2. The van der Waals surface area contributed by atoms with Crippen molar-refractivity contribution in [2.45, 2.75) is 0 Å². The molecule has 0 heterocycles. The van der Waals surface area contributed by atoms with E-state index in [2.05, 4.69) is 11.0 Å². The third kappa shape index (κ3) is 5.36. The highest BCUT2D eigenvalue weighted by Gasteiger charge is 1.62. The van der Waals surface area contributed by atoms with Crippen LogP contribution in [-0.2, 0) is 10.9 Å². The Labute approximate surface area is 43.5 Å². The predicted molar refractivity (Wildman–Crippen MR) is 29.0 cm³/mol. The Morgan fingerprint density at radius 2 is 2.14 bits per heavy atom. The molecule has 3 nitrogen and oxygen atoms in total. The quantitative estimate of drug-likeness (QED) is 0.403.